The quantitative estimate of drug-likeness (QED) is 0.922. The van der Waals surface area contributed by atoms with Gasteiger partial charge >= 0.3 is 0 Å². The van der Waals surface area contributed by atoms with E-state index >= 15 is 0 Å². The SMILES string of the molecule is Cc1scnc1C(=O)Nc1ccccc1Br. The molecule has 1 heterocycles. The number of thiazole rings is 1. The number of rotatable bonds is 2. The minimum absolute atomic E-state index is 0.175. The Labute approximate surface area is 106 Å². The van der Waals surface area contributed by atoms with Crippen molar-refractivity contribution in [3.05, 3.63) is 44.8 Å². The van der Waals surface area contributed by atoms with Crippen LogP contribution >= 0.6 is 27.3 Å². The highest BCUT2D eigenvalue weighted by Crippen LogP contribution is 2.22. The van der Waals surface area contributed by atoms with Crippen molar-refractivity contribution in [3.8, 4) is 0 Å². The first-order valence-electron chi connectivity index (χ1n) is 4.64. The fraction of sp³-hybridized carbons (Fsp3) is 0.0909. The van der Waals surface area contributed by atoms with Gasteiger partial charge in [0.25, 0.3) is 5.91 Å². The molecule has 0 atom stereocenters. The number of nitrogens with zero attached hydrogens (tertiary/aromatic N) is 1. The molecule has 3 nitrogen and oxygen atoms in total. The van der Waals surface area contributed by atoms with Gasteiger partial charge in [-0.15, -0.1) is 11.3 Å². The van der Waals surface area contributed by atoms with E-state index in [1.807, 2.05) is 31.2 Å². The number of aromatic nitrogens is 1. The average Bonchev–Trinajstić information content (AvgIpc) is 2.68. The number of benzene rings is 1. The zero-order valence-electron chi connectivity index (χ0n) is 8.53. The number of para-hydroxylation sites is 1. The largest absolute Gasteiger partial charge is 0.320 e. The van der Waals surface area contributed by atoms with E-state index in [0.717, 1.165) is 15.0 Å². The number of halogens is 1. The van der Waals surface area contributed by atoms with Crippen molar-refractivity contribution < 1.29 is 4.79 Å². The van der Waals surface area contributed by atoms with Crippen molar-refractivity contribution in [1.29, 1.82) is 0 Å². The Morgan fingerprint density at radius 3 is 2.81 bits per heavy atom. The monoisotopic (exact) mass is 296 g/mol. The van der Waals surface area contributed by atoms with Gasteiger partial charge in [-0.05, 0) is 35.0 Å². The van der Waals surface area contributed by atoms with Crippen LogP contribution in [0.1, 0.15) is 15.4 Å². The van der Waals surface area contributed by atoms with E-state index in [0.29, 0.717) is 5.69 Å². The summed E-state index contributed by atoms with van der Waals surface area (Å²) in [4.78, 5) is 16.8. The molecule has 0 unspecified atom stereocenters. The molecule has 0 aliphatic heterocycles. The number of nitrogens with one attached hydrogen (secondary N) is 1. The third-order valence-corrected chi connectivity index (χ3v) is 3.53. The number of aryl methyl sites for hydroxylation is 1. The van der Waals surface area contributed by atoms with Gasteiger partial charge in [0.15, 0.2) is 0 Å². The van der Waals surface area contributed by atoms with Gasteiger partial charge in [-0.3, -0.25) is 4.79 Å². The van der Waals surface area contributed by atoms with Gasteiger partial charge in [0.1, 0.15) is 5.69 Å². The molecule has 1 aromatic heterocycles. The molecule has 0 radical (unpaired) electrons. The molecule has 16 heavy (non-hydrogen) atoms. The fourth-order valence-corrected chi connectivity index (χ4v) is 2.22. The summed E-state index contributed by atoms with van der Waals surface area (Å²) in [6.07, 6.45) is 0. The second kappa shape index (κ2) is 4.76. The molecule has 82 valence electrons. The Hall–Kier alpha value is -1.20. The molecule has 0 spiro atoms. The smallest absolute Gasteiger partial charge is 0.275 e. The fourth-order valence-electron chi connectivity index (χ4n) is 1.27. The highest BCUT2D eigenvalue weighted by Gasteiger charge is 2.12. The van der Waals surface area contributed by atoms with Crippen molar-refractivity contribution in [2.75, 3.05) is 5.32 Å². The summed E-state index contributed by atoms with van der Waals surface area (Å²) in [6, 6.07) is 7.48. The van der Waals surface area contributed by atoms with Crippen LogP contribution < -0.4 is 5.32 Å². The second-order valence-electron chi connectivity index (χ2n) is 3.19. The lowest BCUT2D eigenvalue weighted by atomic mass is 10.3. The van der Waals surface area contributed by atoms with E-state index in [1.165, 1.54) is 11.3 Å². The first-order chi connectivity index (χ1) is 7.68. The van der Waals surface area contributed by atoms with Gasteiger partial charge in [-0.25, -0.2) is 4.98 Å². The van der Waals surface area contributed by atoms with Crippen molar-refractivity contribution >= 4 is 38.9 Å². The maximum atomic E-state index is 11.9. The minimum Gasteiger partial charge on any atom is -0.320 e. The lowest BCUT2D eigenvalue weighted by Gasteiger charge is -2.05. The Morgan fingerprint density at radius 1 is 1.44 bits per heavy atom. The maximum Gasteiger partial charge on any atom is 0.275 e. The Morgan fingerprint density at radius 2 is 2.19 bits per heavy atom. The van der Waals surface area contributed by atoms with Crippen molar-refractivity contribution in [2.24, 2.45) is 0 Å². The number of hydrogen-bond acceptors (Lipinski definition) is 3. The summed E-state index contributed by atoms with van der Waals surface area (Å²) in [5.41, 5.74) is 2.91. The maximum absolute atomic E-state index is 11.9. The van der Waals surface area contributed by atoms with Gasteiger partial charge in [0.2, 0.25) is 0 Å². The van der Waals surface area contributed by atoms with Crippen LogP contribution in [0.25, 0.3) is 0 Å². The van der Waals surface area contributed by atoms with E-state index < -0.39 is 0 Å². The van der Waals surface area contributed by atoms with Crippen molar-refractivity contribution in [3.63, 3.8) is 0 Å². The molecule has 1 N–H and O–H groups in total. The van der Waals surface area contributed by atoms with Gasteiger partial charge < -0.3 is 5.32 Å². The number of carbonyl (C=O) groups is 1. The summed E-state index contributed by atoms with van der Waals surface area (Å²) in [5, 5.41) is 2.81. The van der Waals surface area contributed by atoms with Crippen LogP contribution in [0.15, 0.2) is 34.2 Å². The van der Waals surface area contributed by atoms with Crippen LogP contribution in [0, 0.1) is 6.92 Å². The summed E-state index contributed by atoms with van der Waals surface area (Å²) < 4.78 is 0.858. The molecule has 0 fully saturated rings. The lowest BCUT2D eigenvalue weighted by molar-refractivity contribution is 0.102. The molecule has 0 bridgehead atoms. The highest BCUT2D eigenvalue weighted by molar-refractivity contribution is 9.10. The number of carbonyl (C=O) groups excluding carboxylic acids is 1. The molecular formula is C11H9BrN2OS. The molecule has 0 saturated heterocycles. The summed E-state index contributed by atoms with van der Waals surface area (Å²) in [5.74, 6) is -0.175. The van der Waals surface area contributed by atoms with E-state index in [2.05, 4.69) is 26.2 Å². The van der Waals surface area contributed by atoms with Crippen LogP contribution in [-0.2, 0) is 0 Å². The predicted molar refractivity (Wildman–Crippen MR) is 68.9 cm³/mol. The molecule has 0 saturated carbocycles. The van der Waals surface area contributed by atoms with Gasteiger partial charge in [0.05, 0.1) is 11.2 Å². The normalized spacial score (nSPS) is 10.1. The minimum atomic E-state index is -0.175. The first kappa shape index (κ1) is 11.3. The molecule has 2 rings (SSSR count). The average molecular weight is 297 g/mol. The molecular weight excluding hydrogens is 288 g/mol. The highest BCUT2D eigenvalue weighted by atomic mass is 79.9. The van der Waals surface area contributed by atoms with Crippen molar-refractivity contribution in [1.82, 2.24) is 4.98 Å². The molecule has 0 aliphatic rings. The van der Waals surface area contributed by atoms with Gasteiger partial charge in [0, 0.05) is 9.35 Å². The zero-order valence-corrected chi connectivity index (χ0v) is 10.9. The van der Waals surface area contributed by atoms with E-state index in [1.54, 1.807) is 5.51 Å². The van der Waals surface area contributed by atoms with Gasteiger partial charge in [-0.1, -0.05) is 12.1 Å². The van der Waals surface area contributed by atoms with E-state index in [-0.39, 0.29) is 5.91 Å². The number of anilines is 1. The van der Waals surface area contributed by atoms with Crippen LogP contribution in [0.2, 0.25) is 0 Å². The Balaban J connectivity index is 2.21. The molecule has 0 aliphatic carbocycles. The topological polar surface area (TPSA) is 42.0 Å². The van der Waals surface area contributed by atoms with Crippen LogP contribution in [0.4, 0.5) is 5.69 Å². The Bertz CT molecular complexity index is 524. The molecule has 2 aromatic rings. The Kier molecular flexibility index (Phi) is 3.36. The van der Waals surface area contributed by atoms with Crippen molar-refractivity contribution in [2.45, 2.75) is 6.92 Å². The van der Waals surface area contributed by atoms with E-state index in [4.69, 9.17) is 0 Å². The lowest BCUT2D eigenvalue weighted by Crippen LogP contribution is -2.13. The summed E-state index contributed by atoms with van der Waals surface area (Å²) in [7, 11) is 0. The third kappa shape index (κ3) is 2.31. The first-order valence-corrected chi connectivity index (χ1v) is 6.31. The predicted octanol–water partition coefficient (Wildman–Crippen LogP) is 3.47. The van der Waals surface area contributed by atoms with Crippen LogP contribution in [0.5, 0.6) is 0 Å². The third-order valence-electron chi connectivity index (χ3n) is 2.08. The van der Waals surface area contributed by atoms with Gasteiger partial charge in [-0.2, -0.15) is 0 Å². The number of amides is 1. The summed E-state index contributed by atoms with van der Waals surface area (Å²) in [6.45, 7) is 1.88. The molecule has 5 heteroatoms. The molecule has 1 amide bonds. The zero-order chi connectivity index (χ0) is 11.5. The summed E-state index contributed by atoms with van der Waals surface area (Å²) >= 11 is 4.84. The molecule has 1 aromatic carbocycles. The second-order valence-corrected chi connectivity index (χ2v) is 5.10. The van der Waals surface area contributed by atoms with E-state index in [9.17, 15) is 4.79 Å². The van der Waals surface area contributed by atoms with Crippen LogP contribution in [-0.4, -0.2) is 10.9 Å². The van der Waals surface area contributed by atoms with Crippen LogP contribution in [0.3, 0.4) is 0 Å². The number of hydrogen-bond donors (Lipinski definition) is 1. The standard InChI is InChI=1S/C11H9BrN2OS/c1-7-10(13-6-16-7)11(15)14-9-5-3-2-4-8(9)12/h2-6H,1H3,(H,14,15).